The van der Waals surface area contributed by atoms with Gasteiger partial charge in [0.25, 0.3) is 0 Å². The lowest BCUT2D eigenvalue weighted by atomic mass is 10.1. The highest BCUT2D eigenvalue weighted by Gasteiger charge is 2.15. The summed E-state index contributed by atoms with van der Waals surface area (Å²) in [7, 11) is 2.19. The number of nitrogens with zero attached hydrogens (tertiary/aromatic N) is 4. The van der Waals surface area contributed by atoms with E-state index in [9.17, 15) is 0 Å². The van der Waals surface area contributed by atoms with Crippen molar-refractivity contribution >= 4 is 43.9 Å². The Hall–Kier alpha value is -4.59. The topological polar surface area (TPSA) is 94.2 Å². The molecule has 4 heterocycles. The predicted octanol–water partition coefficient (Wildman–Crippen LogP) is 7.56. The molecule has 7 heteroatoms. The van der Waals surface area contributed by atoms with Crippen LogP contribution in [0.15, 0.2) is 93.8 Å². The Kier molecular flexibility index (Phi) is 6.46. The van der Waals surface area contributed by atoms with Crippen LogP contribution in [-0.2, 0) is 6.54 Å². The lowest BCUT2D eigenvalue weighted by molar-refractivity contribution is 0.331. The minimum Gasteiger partial charge on any atom is -0.456 e. The average Bonchev–Trinajstić information content (AvgIpc) is 3.70. The third-order valence-electron chi connectivity index (χ3n) is 8.02. The molecule has 0 saturated carbocycles. The quantitative estimate of drug-likeness (QED) is 0.247. The normalized spacial score (nSPS) is 15.6. The molecule has 4 aromatic carbocycles. The van der Waals surface area contributed by atoms with Crippen LogP contribution in [-0.4, -0.2) is 39.5 Å². The van der Waals surface area contributed by atoms with Crippen molar-refractivity contribution in [1.29, 1.82) is 0 Å². The summed E-state index contributed by atoms with van der Waals surface area (Å²) in [6.45, 7) is 3.81. The van der Waals surface area contributed by atoms with Gasteiger partial charge in [0, 0.05) is 38.7 Å². The summed E-state index contributed by atoms with van der Waals surface area (Å²) < 4.78 is 11.9. The molecule has 7 nitrogen and oxygen atoms in total. The van der Waals surface area contributed by atoms with E-state index >= 15 is 0 Å². The summed E-state index contributed by atoms with van der Waals surface area (Å²) in [5, 5.41) is 4.17. The van der Waals surface area contributed by atoms with Crippen molar-refractivity contribution in [3.63, 3.8) is 0 Å². The lowest BCUT2D eigenvalue weighted by Gasteiger charge is -2.12. The van der Waals surface area contributed by atoms with Gasteiger partial charge in [0.15, 0.2) is 11.6 Å². The lowest BCUT2D eigenvalue weighted by Crippen LogP contribution is -2.20. The van der Waals surface area contributed by atoms with Crippen LogP contribution in [0.5, 0.6) is 0 Å². The van der Waals surface area contributed by atoms with Crippen molar-refractivity contribution in [3.05, 3.63) is 90.8 Å². The second-order valence-corrected chi connectivity index (χ2v) is 10.7. The molecule has 1 fully saturated rings. The SMILES string of the molecule is CC1CCCN1C.NCc1nc(-c2ccc3oc4ccccc4c3c2)nc(-c2ccc3oc4ccccc4c3c2)n1. The number of benzene rings is 4. The van der Waals surface area contributed by atoms with E-state index < -0.39 is 0 Å². The molecule has 0 bridgehead atoms. The maximum Gasteiger partial charge on any atom is 0.163 e. The number of furan rings is 2. The Labute approximate surface area is 237 Å². The summed E-state index contributed by atoms with van der Waals surface area (Å²) in [6, 6.07) is 28.8. The molecule has 41 heavy (non-hydrogen) atoms. The number of hydrogen-bond donors (Lipinski definition) is 1. The van der Waals surface area contributed by atoms with Crippen LogP contribution in [0, 0.1) is 0 Å². The maximum absolute atomic E-state index is 5.97. The highest BCUT2D eigenvalue weighted by atomic mass is 16.3. The molecule has 2 N–H and O–H groups in total. The Bertz CT molecular complexity index is 1890. The number of nitrogens with two attached hydrogens (primary N) is 1. The van der Waals surface area contributed by atoms with E-state index in [-0.39, 0.29) is 6.54 Å². The van der Waals surface area contributed by atoms with E-state index in [1.54, 1.807) is 0 Å². The molecule has 7 aromatic rings. The average molecular weight is 542 g/mol. The molecule has 0 amide bonds. The minimum absolute atomic E-state index is 0.219. The van der Waals surface area contributed by atoms with Crippen LogP contribution >= 0.6 is 0 Å². The van der Waals surface area contributed by atoms with Gasteiger partial charge >= 0.3 is 0 Å². The van der Waals surface area contributed by atoms with E-state index in [1.165, 1.54) is 19.4 Å². The van der Waals surface area contributed by atoms with Crippen LogP contribution in [0.4, 0.5) is 0 Å². The Balaban J connectivity index is 0.000000348. The first-order valence-corrected chi connectivity index (χ1v) is 14.1. The molecule has 0 aliphatic carbocycles. The minimum atomic E-state index is 0.219. The maximum atomic E-state index is 5.97. The smallest absolute Gasteiger partial charge is 0.163 e. The fraction of sp³-hybridized carbons (Fsp3) is 0.206. The third-order valence-corrected chi connectivity index (χ3v) is 8.02. The van der Waals surface area contributed by atoms with Crippen LogP contribution in [0.3, 0.4) is 0 Å². The highest BCUT2D eigenvalue weighted by Crippen LogP contribution is 2.34. The van der Waals surface area contributed by atoms with Gasteiger partial charge in [0.2, 0.25) is 0 Å². The van der Waals surface area contributed by atoms with Crippen molar-refractivity contribution in [3.8, 4) is 22.8 Å². The number of para-hydroxylation sites is 2. The van der Waals surface area contributed by atoms with Crippen molar-refractivity contribution in [2.45, 2.75) is 32.4 Å². The molecular weight excluding hydrogens is 510 g/mol. The number of rotatable bonds is 3. The van der Waals surface area contributed by atoms with Crippen LogP contribution in [0.1, 0.15) is 25.6 Å². The largest absolute Gasteiger partial charge is 0.456 e. The van der Waals surface area contributed by atoms with Gasteiger partial charge < -0.3 is 19.5 Å². The van der Waals surface area contributed by atoms with Gasteiger partial charge in [-0.3, -0.25) is 0 Å². The van der Waals surface area contributed by atoms with Gasteiger partial charge in [-0.1, -0.05) is 36.4 Å². The summed E-state index contributed by atoms with van der Waals surface area (Å²) in [4.78, 5) is 16.5. The zero-order valence-electron chi connectivity index (χ0n) is 23.2. The molecule has 0 radical (unpaired) electrons. The molecule has 1 unspecified atom stereocenters. The van der Waals surface area contributed by atoms with E-state index in [1.807, 2.05) is 60.7 Å². The molecular formula is C34H31N5O2. The number of hydrogen-bond acceptors (Lipinski definition) is 7. The molecule has 1 aliphatic rings. The molecule has 0 spiro atoms. The zero-order valence-corrected chi connectivity index (χ0v) is 23.2. The first-order chi connectivity index (χ1) is 20.1. The van der Waals surface area contributed by atoms with Crippen molar-refractivity contribution < 1.29 is 8.83 Å². The van der Waals surface area contributed by atoms with Crippen LogP contribution in [0.25, 0.3) is 66.7 Å². The first-order valence-electron chi connectivity index (χ1n) is 14.1. The second-order valence-electron chi connectivity index (χ2n) is 10.7. The van der Waals surface area contributed by atoms with Crippen LogP contribution in [0.2, 0.25) is 0 Å². The summed E-state index contributed by atoms with van der Waals surface area (Å²) >= 11 is 0. The molecule has 8 rings (SSSR count). The van der Waals surface area contributed by atoms with Gasteiger partial charge in [-0.15, -0.1) is 0 Å². The van der Waals surface area contributed by atoms with E-state index in [0.29, 0.717) is 17.5 Å². The fourth-order valence-electron chi connectivity index (χ4n) is 5.58. The van der Waals surface area contributed by atoms with Gasteiger partial charge in [-0.2, -0.15) is 0 Å². The van der Waals surface area contributed by atoms with Gasteiger partial charge in [0.1, 0.15) is 28.2 Å². The van der Waals surface area contributed by atoms with E-state index in [4.69, 9.17) is 19.6 Å². The molecule has 204 valence electrons. The van der Waals surface area contributed by atoms with Gasteiger partial charge in [-0.05, 0) is 81.9 Å². The third kappa shape index (κ3) is 4.73. The Morgan fingerprint density at radius 3 is 1.66 bits per heavy atom. The number of likely N-dealkylation sites (tertiary alicyclic amines) is 1. The Morgan fingerprint density at radius 2 is 1.22 bits per heavy atom. The highest BCUT2D eigenvalue weighted by molar-refractivity contribution is 6.07. The monoisotopic (exact) mass is 541 g/mol. The zero-order chi connectivity index (χ0) is 27.9. The standard InChI is InChI=1S/C28H18N4O2.C6H13N/c29-15-26-30-27(16-9-11-24-20(13-16)18-5-1-3-7-22(18)33-24)32-28(31-26)17-10-12-25-21(14-17)19-6-2-4-8-23(19)34-25;1-6-4-3-5-7(6)2/h1-14H,15,29H2;6H,3-5H2,1-2H3. The summed E-state index contributed by atoms with van der Waals surface area (Å²) in [5.41, 5.74) is 11.1. The van der Waals surface area contributed by atoms with Crippen molar-refractivity contribution in [1.82, 2.24) is 19.9 Å². The summed E-state index contributed by atoms with van der Waals surface area (Å²) in [5.74, 6) is 1.69. The predicted molar refractivity (Wildman–Crippen MR) is 164 cm³/mol. The first kappa shape index (κ1) is 25.4. The Morgan fingerprint density at radius 1 is 0.707 bits per heavy atom. The number of fused-ring (bicyclic) bond motifs is 6. The van der Waals surface area contributed by atoms with E-state index in [2.05, 4.69) is 53.1 Å². The second kappa shape index (κ2) is 10.4. The van der Waals surface area contributed by atoms with Gasteiger partial charge in [0.05, 0.1) is 6.54 Å². The van der Waals surface area contributed by atoms with Gasteiger partial charge in [-0.25, -0.2) is 15.0 Å². The molecule has 1 atom stereocenters. The van der Waals surface area contributed by atoms with Crippen molar-refractivity contribution in [2.24, 2.45) is 5.73 Å². The fourth-order valence-corrected chi connectivity index (χ4v) is 5.58. The van der Waals surface area contributed by atoms with E-state index in [0.717, 1.165) is 61.0 Å². The molecule has 1 aliphatic heterocycles. The summed E-state index contributed by atoms with van der Waals surface area (Å²) in [6.07, 6.45) is 2.80. The molecule has 3 aromatic heterocycles. The number of aromatic nitrogens is 3. The van der Waals surface area contributed by atoms with Crippen LogP contribution < -0.4 is 5.73 Å². The molecule has 1 saturated heterocycles. The van der Waals surface area contributed by atoms with Crippen molar-refractivity contribution in [2.75, 3.05) is 13.6 Å².